The molecule has 0 aromatic heterocycles. The minimum absolute atomic E-state index is 0.0353. The highest BCUT2D eigenvalue weighted by molar-refractivity contribution is 7.91. The van der Waals surface area contributed by atoms with E-state index in [1.54, 1.807) is 20.8 Å². The molecule has 0 amide bonds. The van der Waals surface area contributed by atoms with E-state index in [-0.39, 0.29) is 18.7 Å². The molecule has 0 bridgehead atoms. The third kappa shape index (κ3) is 3.45. The van der Waals surface area contributed by atoms with E-state index in [1.165, 1.54) is 0 Å². The number of nitrogens with two attached hydrogens (primary N) is 1. The second-order valence-corrected chi connectivity index (χ2v) is 6.99. The first-order valence-electron chi connectivity index (χ1n) is 5.37. The molecule has 0 fully saturated rings. The lowest BCUT2D eigenvalue weighted by Crippen LogP contribution is -2.40. The van der Waals surface area contributed by atoms with Crippen LogP contribution in [0.3, 0.4) is 0 Å². The van der Waals surface area contributed by atoms with E-state index in [2.05, 4.69) is 0 Å². The normalized spacial score (nSPS) is 16.1. The fraction of sp³-hybridized carbons (Fsp3) is 0.900. The number of carboxylic acid groups (broad SMARTS) is 1. The van der Waals surface area contributed by atoms with Crippen LogP contribution < -0.4 is 5.73 Å². The Morgan fingerprint density at radius 1 is 1.44 bits per heavy atom. The number of hydrogen-bond donors (Lipinski definition) is 2. The van der Waals surface area contributed by atoms with Gasteiger partial charge >= 0.3 is 5.97 Å². The van der Waals surface area contributed by atoms with Gasteiger partial charge in [0.05, 0.1) is 16.4 Å². The molecule has 0 saturated heterocycles. The van der Waals surface area contributed by atoms with Crippen LogP contribution in [0.2, 0.25) is 0 Å². The van der Waals surface area contributed by atoms with Crippen LogP contribution in [0.4, 0.5) is 0 Å². The van der Waals surface area contributed by atoms with Gasteiger partial charge in [0.1, 0.15) is 0 Å². The van der Waals surface area contributed by atoms with Gasteiger partial charge in [-0.25, -0.2) is 8.42 Å². The average Bonchev–Trinajstić information content (AvgIpc) is 2.19. The summed E-state index contributed by atoms with van der Waals surface area (Å²) < 4.78 is 23.2. The van der Waals surface area contributed by atoms with Gasteiger partial charge in [-0.2, -0.15) is 0 Å². The molecule has 5 nitrogen and oxygen atoms in total. The van der Waals surface area contributed by atoms with E-state index in [0.29, 0.717) is 6.42 Å². The second-order valence-electron chi connectivity index (χ2n) is 4.31. The molecule has 3 N–H and O–H groups in total. The molecule has 0 aliphatic rings. The zero-order valence-corrected chi connectivity index (χ0v) is 10.9. The first kappa shape index (κ1) is 15.4. The van der Waals surface area contributed by atoms with Crippen LogP contribution in [0.1, 0.15) is 33.6 Å². The van der Waals surface area contributed by atoms with Crippen molar-refractivity contribution in [1.29, 1.82) is 0 Å². The van der Waals surface area contributed by atoms with Crippen LogP contribution in [0.25, 0.3) is 0 Å². The van der Waals surface area contributed by atoms with E-state index in [9.17, 15) is 13.2 Å². The van der Waals surface area contributed by atoms with Crippen molar-refractivity contribution in [2.24, 2.45) is 11.1 Å². The maximum atomic E-state index is 11.6. The van der Waals surface area contributed by atoms with Crippen molar-refractivity contribution in [3.63, 3.8) is 0 Å². The maximum absolute atomic E-state index is 11.6. The molecule has 0 heterocycles. The number of sulfone groups is 1. The minimum atomic E-state index is -3.20. The smallest absolute Gasteiger partial charge is 0.310 e. The molecule has 0 rings (SSSR count). The highest BCUT2D eigenvalue weighted by Crippen LogP contribution is 2.26. The third-order valence-corrected chi connectivity index (χ3v) is 5.31. The molecule has 0 aromatic carbocycles. The molecule has 16 heavy (non-hydrogen) atoms. The fourth-order valence-corrected chi connectivity index (χ4v) is 2.49. The van der Waals surface area contributed by atoms with Gasteiger partial charge in [-0.3, -0.25) is 4.79 Å². The highest BCUT2D eigenvalue weighted by Gasteiger charge is 2.36. The Bertz CT molecular complexity index is 331. The van der Waals surface area contributed by atoms with Gasteiger partial charge in [0.15, 0.2) is 9.84 Å². The van der Waals surface area contributed by atoms with Gasteiger partial charge in [-0.05, 0) is 26.7 Å². The summed E-state index contributed by atoms with van der Waals surface area (Å²) in [5, 5.41) is 8.61. The van der Waals surface area contributed by atoms with Crippen LogP contribution in [-0.4, -0.2) is 37.0 Å². The SMILES string of the molecule is CCC(CN)(CCS(=O)(=O)C(C)C)C(=O)O. The van der Waals surface area contributed by atoms with Crippen LogP contribution in [0.15, 0.2) is 0 Å². The zero-order chi connectivity index (χ0) is 13.0. The molecular weight excluding hydrogens is 230 g/mol. The van der Waals surface area contributed by atoms with E-state index < -0.39 is 26.5 Å². The van der Waals surface area contributed by atoms with Gasteiger partial charge in [-0.15, -0.1) is 0 Å². The molecule has 6 heteroatoms. The minimum Gasteiger partial charge on any atom is -0.481 e. The molecule has 0 aromatic rings. The average molecular weight is 251 g/mol. The Kier molecular flexibility index (Phi) is 5.41. The molecule has 1 unspecified atom stereocenters. The number of aliphatic carboxylic acids is 1. The van der Waals surface area contributed by atoms with E-state index in [1.807, 2.05) is 0 Å². The van der Waals surface area contributed by atoms with Gasteiger partial charge < -0.3 is 10.8 Å². The summed E-state index contributed by atoms with van der Waals surface area (Å²) in [7, 11) is -3.20. The Hall–Kier alpha value is -0.620. The van der Waals surface area contributed by atoms with Crippen LogP contribution in [0.5, 0.6) is 0 Å². The monoisotopic (exact) mass is 251 g/mol. The Balaban J connectivity index is 4.76. The molecule has 0 saturated carbocycles. The van der Waals surface area contributed by atoms with E-state index in [4.69, 9.17) is 10.8 Å². The van der Waals surface area contributed by atoms with Gasteiger partial charge in [-0.1, -0.05) is 6.92 Å². The number of rotatable bonds is 7. The summed E-state index contributed by atoms with van der Waals surface area (Å²) in [5.74, 6) is -1.14. The maximum Gasteiger partial charge on any atom is 0.310 e. The van der Waals surface area contributed by atoms with Crippen molar-refractivity contribution in [2.45, 2.75) is 38.9 Å². The van der Waals surface area contributed by atoms with Crippen LogP contribution in [0, 0.1) is 5.41 Å². The summed E-state index contributed by atoms with van der Waals surface area (Å²) in [5.41, 5.74) is 4.34. The summed E-state index contributed by atoms with van der Waals surface area (Å²) in [4.78, 5) is 11.1. The molecule has 0 spiro atoms. The van der Waals surface area contributed by atoms with Crippen molar-refractivity contribution in [1.82, 2.24) is 0 Å². The first-order valence-corrected chi connectivity index (χ1v) is 7.08. The largest absolute Gasteiger partial charge is 0.481 e. The van der Waals surface area contributed by atoms with Crippen molar-refractivity contribution in [3.8, 4) is 0 Å². The Morgan fingerprint density at radius 2 is 1.94 bits per heavy atom. The predicted molar refractivity (Wildman–Crippen MR) is 63.0 cm³/mol. The number of carbonyl (C=O) groups is 1. The number of carboxylic acids is 1. The molecule has 0 aliphatic carbocycles. The van der Waals surface area contributed by atoms with Crippen LogP contribution >= 0.6 is 0 Å². The molecule has 1 atom stereocenters. The third-order valence-electron chi connectivity index (χ3n) is 3.10. The fourth-order valence-electron chi connectivity index (χ4n) is 1.34. The van der Waals surface area contributed by atoms with Crippen molar-refractivity contribution in [3.05, 3.63) is 0 Å². The Morgan fingerprint density at radius 3 is 2.19 bits per heavy atom. The summed E-state index contributed by atoms with van der Waals surface area (Å²) in [6.07, 6.45) is 0.419. The zero-order valence-electron chi connectivity index (χ0n) is 10.1. The first-order chi connectivity index (χ1) is 7.22. The van der Waals surface area contributed by atoms with Crippen molar-refractivity contribution < 1.29 is 18.3 Å². The molecule has 0 aliphatic heterocycles. The predicted octanol–water partition coefficient (Wildman–Crippen LogP) is 0.639. The summed E-state index contributed by atoms with van der Waals surface area (Å²) >= 11 is 0. The van der Waals surface area contributed by atoms with Gasteiger partial charge in [0.2, 0.25) is 0 Å². The quantitative estimate of drug-likeness (QED) is 0.692. The molecule has 96 valence electrons. The molecule has 0 radical (unpaired) electrons. The van der Waals surface area contributed by atoms with Crippen molar-refractivity contribution in [2.75, 3.05) is 12.3 Å². The second kappa shape index (κ2) is 5.63. The van der Waals surface area contributed by atoms with Gasteiger partial charge in [0.25, 0.3) is 0 Å². The Labute approximate surface area is 96.9 Å². The number of hydrogen-bond acceptors (Lipinski definition) is 4. The molecular formula is C10H21NO4S. The summed E-state index contributed by atoms with van der Waals surface area (Å²) in [6.45, 7) is 4.85. The lowest BCUT2D eigenvalue weighted by atomic mass is 9.83. The lowest BCUT2D eigenvalue weighted by Gasteiger charge is -2.26. The van der Waals surface area contributed by atoms with Gasteiger partial charge in [0, 0.05) is 6.54 Å². The highest BCUT2D eigenvalue weighted by atomic mass is 32.2. The topological polar surface area (TPSA) is 97.5 Å². The summed E-state index contributed by atoms with van der Waals surface area (Å²) in [6, 6.07) is 0. The van der Waals surface area contributed by atoms with E-state index >= 15 is 0 Å². The lowest BCUT2D eigenvalue weighted by molar-refractivity contribution is -0.148. The van der Waals surface area contributed by atoms with Crippen molar-refractivity contribution >= 4 is 15.8 Å². The van der Waals surface area contributed by atoms with Crippen LogP contribution in [-0.2, 0) is 14.6 Å². The van der Waals surface area contributed by atoms with E-state index in [0.717, 1.165) is 0 Å². The standard InChI is InChI=1S/C10H21NO4S/c1-4-10(7-11,9(12)13)5-6-16(14,15)8(2)3/h8H,4-7,11H2,1-3H3,(H,12,13).